The molecule has 104 valence electrons. The van der Waals surface area contributed by atoms with Crippen molar-refractivity contribution in [1.82, 2.24) is 15.5 Å². The maximum atomic E-state index is 12.2. The van der Waals surface area contributed by atoms with Crippen molar-refractivity contribution in [2.45, 2.75) is 25.9 Å². The molecule has 0 spiro atoms. The second kappa shape index (κ2) is 6.78. The lowest BCUT2D eigenvalue weighted by atomic mass is 10.1. The van der Waals surface area contributed by atoms with Crippen molar-refractivity contribution in [3.63, 3.8) is 0 Å². The summed E-state index contributed by atoms with van der Waals surface area (Å²) in [6.07, 6.45) is 0. The van der Waals surface area contributed by atoms with Gasteiger partial charge in [0.15, 0.2) is 0 Å². The molecular formula is C14H21N3O2. The first-order valence-electron chi connectivity index (χ1n) is 6.25. The third-order valence-electron chi connectivity index (χ3n) is 2.50. The number of amides is 3. The number of benzene rings is 1. The summed E-state index contributed by atoms with van der Waals surface area (Å²) in [5.74, 6) is -0.212. The first-order chi connectivity index (χ1) is 8.91. The first kappa shape index (κ1) is 15.0. The van der Waals surface area contributed by atoms with E-state index in [2.05, 4.69) is 10.6 Å². The van der Waals surface area contributed by atoms with Crippen LogP contribution >= 0.6 is 0 Å². The molecule has 0 fully saturated rings. The smallest absolute Gasteiger partial charge is 0.317 e. The normalized spacial score (nSPS) is 11.8. The summed E-state index contributed by atoms with van der Waals surface area (Å²) in [6, 6.07) is 8.23. The van der Waals surface area contributed by atoms with E-state index >= 15 is 0 Å². The fraction of sp³-hybridized carbons (Fsp3) is 0.429. The molecule has 1 aromatic rings. The fourth-order valence-electron chi connectivity index (χ4n) is 1.57. The van der Waals surface area contributed by atoms with Crippen molar-refractivity contribution >= 4 is 11.9 Å². The van der Waals surface area contributed by atoms with E-state index in [1.165, 1.54) is 4.90 Å². The van der Waals surface area contributed by atoms with Gasteiger partial charge in [0.05, 0.1) is 0 Å². The molecule has 5 heteroatoms. The van der Waals surface area contributed by atoms with E-state index in [0.717, 1.165) is 5.56 Å². The average Bonchev–Trinajstić information content (AvgIpc) is 2.35. The summed E-state index contributed by atoms with van der Waals surface area (Å²) in [5.41, 5.74) is 0.760. The molecule has 1 aromatic carbocycles. The predicted octanol–water partition coefficient (Wildman–Crippen LogP) is 1.52. The zero-order valence-electron chi connectivity index (χ0n) is 11.8. The first-order valence-corrected chi connectivity index (χ1v) is 6.25. The Kier molecular flexibility index (Phi) is 5.36. The lowest BCUT2D eigenvalue weighted by Crippen LogP contribution is -2.45. The third-order valence-corrected chi connectivity index (χ3v) is 2.50. The molecule has 1 rings (SSSR count). The Morgan fingerprint density at radius 3 is 2.11 bits per heavy atom. The minimum atomic E-state index is -0.682. The van der Waals surface area contributed by atoms with Crippen LogP contribution in [0.4, 0.5) is 4.79 Å². The van der Waals surface area contributed by atoms with Crippen molar-refractivity contribution in [3.8, 4) is 0 Å². The monoisotopic (exact) mass is 263 g/mol. The highest BCUT2D eigenvalue weighted by molar-refractivity contribution is 5.88. The van der Waals surface area contributed by atoms with Crippen LogP contribution in [-0.2, 0) is 4.79 Å². The number of hydrogen-bond donors (Lipinski definition) is 2. The van der Waals surface area contributed by atoms with Crippen molar-refractivity contribution in [2.24, 2.45) is 0 Å². The largest absolute Gasteiger partial charge is 0.352 e. The molecule has 1 atom stereocenters. The van der Waals surface area contributed by atoms with E-state index in [1.54, 1.807) is 14.1 Å². The van der Waals surface area contributed by atoms with Crippen molar-refractivity contribution in [1.29, 1.82) is 0 Å². The van der Waals surface area contributed by atoms with Gasteiger partial charge in [-0.15, -0.1) is 0 Å². The Bertz CT molecular complexity index is 430. The van der Waals surface area contributed by atoms with E-state index in [4.69, 9.17) is 0 Å². The molecule has 0 aromatic heterocycles. The van der Waals surface area contributed by atoms with Crippen LogP contribution in [0.15, 0.2) is 30.3 Å². The summed E-state index contributed by atoms with van der Waals surface area (Å²) in [7, 11) is 3.27. The lowest BCUT2D eigenvalue weighted by molar-refractivity contribution is -0.123. The number of nitrogens with one attached hydrogen (secondary N) is 2. The highest BCUT2D eigenvalue weighted by atomic mass is 16.2. The topological polar surface area (TPSA) is 61.4 Å². The van der Waals surface area contributed by atoms with Gasteiger partial charge in [-0.2, -0.15) is 0 Å². The minimum Gasteiger partial charge on any atom is -0.352 e. The number of urea groups is 1. The van der Waals surface area contributed by atoms with Crippen molar-refractivity contribution in [2.75, 3.05) is 14.1 Å². The van der Waals surface area contributed by atoms with Crippen LogP contribution in [0.25, 0.3) is 0 Å². The highest BCUT2D eigenvalue weighted by Crippen LogP contribution is 2.13. The van der Waals surface area contributed by atoms with Gasteiger partial charge in [0, 0.05) is 20.1 Å². The summed E-state index contributed by atoms with van der Waals surface area (Å²) in [5, 5.41) is 5.53. The Morgan fingerprint density at radius 2 is 1.63 bits per heavy atom. The van der Waals surface area contributed by atoms with Gasteiger partial charge in [0.2, 0.25) is 5.91 Å². The maximum absolute atomic E-state index is 12.2. The Morgan fingerprint density at radius 1 is 1.05 bits per heavy atom. The molecule has 0 bridgehead atoms. The lowest BCUT2D eigenvalue weighted by Gasteiger charge is -2.22. The van der Waals surface area contributed by atoms with Crippen molar-refractivity contribution < 1.29 is 9.59 Å². The molecule has 0 aliphatic carbocycles. The quantitative estimate of drug-likeness (QED) is 0.865. The molecule has 0 aliphatic rings. The van der Waals surface area contributed by atoms with E-state index in [9.17, 15) is 9.59 Å². The third kappa shape index (κ3) is 4.62. The summed E-state index contributed by atoms with van der Waals surface area (Å²) < 4.78 is 0. The van der Waals surface area contributed by atoms with Gasteiger partial charge in [-0.3, -0.25) is 4.79 Å². The summed E-state index contributed by atoms with van der Waals surface area (Å²) in [4.78, 5) is 25.3. The van der Waals surface area contributed by atoms with Crippen LogP contribution in [0, 0.1) is 0 Å². The molecular weight excluding hydrogens is 242 g/mol. The standard InChI is InChI=1S/C14H21N3O2/c1-10(2)15-13(18)12(16-14(19)17(3)4)11-8-6-5-7-9-11/h5-10,12H,1-4H3,(H,15,18)(H,16,19)/t12-/m0/s1. The van der Waals surface area contributed by atoms with Gasteiger partial charge in [-0.1, -0.05) is 30.3 Å². The Hall–Kier alpha value is -2.04. The van der Waals surface area contributed by atoms with E-state index < -0.39 is 6.04 Å². The van der Waals surface area contributed by atoms with Crippen LogP contribution in [0.5, 0.6) is 0 Å². The van der Waals surface area contributed by atoms with Gasteiger partial charge in [-0.05, 0) is 19.4 Å². The predicted molar refractivity (Wildman–Crippen MR) is 74.7 cm³/mol. The molecule has 5 nitrogen and oxygen atoms in total. The van der Waals surface area contributed by atoms with Crippen LogP contribution < -0.4 is 10.6 Å². The molecule has 2 N–H and O–H groups in total. The zero-order valence-corrected chi connectivity index (χ0v) is 11.8. The Labute approximate surface area is 114 Å². The molecule has 19 heavy (non-hydrogen) atoms. The molecule has 3 amide bonds. The minimum absolute atomic E-state index is 0.0231. The number of rotatable bonds is 4. The summed E-state index contributed by atoms with van der Waals surface area (Å²) >= 11 is 0. The second-order valence-corrected chi connectivity index (χ2v) is 4.85. The molecule has 0 saturated heterocycles. The van der Waals surface area contributed by atoms with Gasteiger partial charge >= 0.3 is 6.03 Å². The number of nitrogens with zero attached hydrogens (tertiary/aromatic N) is 1. The molecule has 0 heterocycles. The molecule has 0 aliphatic heterocycles. The van der Waals surface area contributed by atoms with E-state index in [1.807, 2.05) is 44.2 Å². The van der Waals surface area contributed by atoms with E-state index in [0.29, 0.717) is 0 Å². The fourth-order valence-corrected chi connectivity index (χ4v) is 1.57. The second-order valence-electron chi connectivity index (χ2n) is 4.85. The zero-order chi connectivity index (χ0) is 14.4. The van der Waals surface area contributed by atoms with Crippen LogP contribution in [0.3, 0.4) is 0 Å². The number of carbonyl (C=O) groups excluding carboxylic acids is 2. The van der Waals surface area contributed by atoms with Crippen LogP contribution in [-0.4, -0.2) is 37.0 Å². The molecule has 0 unspecified atom stereocenters. The highest BCUT2D eigenvalue weighted by Gasteiger charge is 2.23. The van der Waals surface area contributed by atoms with Gasteiger partial charge < -0.3 is 15.5 Å². The maximum Gasteiger partial charge on any atom is 0.317 e. The average molecular weight is 263 g/mol. The van der Waals surface area contributed by atoms with Gasteiger partial charge in [-0.25, -0.2) is 4.79 Å². The number of hydrogen-bond acceptors (Lipinski definition) is 2. The van der Waals surface area contributed by atoms with Crippen LogP contribution in [0.1, 0.15) is 25.5 Å². The van der Waals surface area contributed by atoms with E-state index in [-0.39, 0.29) is 18.0 Å². The van der Waals surface area contributed by atoms with Crippen molar-refractivity contribution in [3.05, 3.63) is 35.9 Å². The molecule has 0 saturated carbocycles. The van der Waals surface area contributed by atoms with Gasteiger partial charge in [0.25, 0.3) is 0 Å². The van der Waals surface area contributed by atoms with Gasteiger partial charge in [0.1, 0.15) is 6.04 Å². The van der Waals surface area contributed by atoms with Crippen LogP contribution in [0.2, 0.25) is 0 Å². The SMILES string of the molecule is CC(C)NC(=O)[C@@H](NC(=O)N(C)C)c1ccccc1. The summed E-state index contributed by atoms with van der Waals surface area (Å²) in [6.45, 7) is 3.77. The molecule has 0 radical (unpaired) electrons. The Balaban J connectivity index is 2.91. The number of carbonyl (C=O) groups is 2.